The molecule has 8 heavy (non-hydrogen) atoms. The van der Waals surface area contributed by atoms with Crippen molar-refractivity contribution in [2.75, 3.05) is 0 Å². The lowest BCUT2D eigenvalue weighted by Crippen LogP contribution is -1.74. The molecule has 1 nitrogen and oxygen atoms in total. The SMILES string of the molecule is CCCC(C)=CC=O. The third-order valence-electron chi connectivity index (χ3n) is 0.997. The van der Waals surface area contributed by atoms with Crippen molar-refractivity contribution in [1.29, 1.82) is 0 Å². The van der Waals surface area contributed by atoms with Gasteiger partial charge in [0, 0.05) is 0 Å². The molecule has 0 saturated heterocycles. The van der Waals surface area contributed by atoms with E-state index in [1.54, 1.807) is 6.08 Å². The van der Waals surface area contributed by atoms with E-state index in [1.807, 2.05) is 6.92 Å². The Hall–Kier alpha value is -0.590. The Labute approximate surface area is 50.4 Å². The van der Waals surface area contributed by atoms with Gasteiger partial charge in [0.1, 0.15) is 6.29 Å². The molecule has 0 unspecified atom stereocenters. The molecule has 0 spiro atoms. The van der Waals surface area contributed by atoms with Gasteiger partial charge in [-0.25, -0.2) is 0 Å². The maximum atomic E-state index is 9.81. The summed E-state index contributed by atoms with van der Waals surface area (Å²) in [6.07, 6.45) is 4.61. The van der Waals surface area contributed by atoms with E-state index < -0.39 is 0 Å². The van der Waals surface area contributed by atoms with Crippen molar-refractivity contribution in [2.45, 2.75) is 26.7 Å². The van der Waals surface area contributed by atoms with Crippen LogP contribution in [0.15, 0.2) is 11.6 Å². The monoisotopic (exact) mass is 112 g/mol. The van der Waals surface area contributed by atoms with Crippen LogP contribution in [0.25, 0.3) is 0 Å². The van der Waals surface area contributed by atoms with E-state index in [1.165, 1.54) is 5.57 Å². The molecule has 0 bridgehead atoms. The minimum absolute atomic E-state index is 0.838. The maximum Gasteiger partial charge on any atom is 0.142 e. The summed E-state index contributed by atoms with van der Waals surface area (Å²) in [5.74, 6) is 0. The summed E-state index contributed by atoms with van der Waals surface area (Å²) >= 11 is 0. The zero-order valence-electron chi connectivity index (χ0n) is 5.48. The second-order valence-electron chi connectivity index (χ2n) is 1.90. The topological polar surface area (TPSA) is 17.1 Å². The Bertz CT molecular complexity index is 92.6. The van der Waals surface area contributed by atoms with E-state index >= 15 is 0 Å². The molecule has 0 aliphatic heterocycles. The summed E-state index contributed by atoms with van der Waals surface area (Å²) in [7, 11) is 0. The van der Waals surface area contributed by atoms with Gasteiger partial charge in [0.2, 0.25) is 0 Å². The summed E-state index contributed by atoms with van der Waals surface area (Å²) in [5, 5.41) is 0. The molecule has 0 aliphatic carbocycles. The zero-order valence-corrected chi connectivity index (χ0v) is 5.48. The fourth-order valence-electron chi connectivity index (χ4n) is 0.594. The van der Waals surface area contributed by atoms with Crippen LogP contribution in [-0.4, -0.2) is 6.29 Å². The normalized spacial score (nSPS) is 11.5. The second-order valence-corrected chi connectivity index (χ2v) is 1.90. The highest BCUT2D eigenvalue weighted by Gasteiger charge is 1.82. The predicted molar refractivity (Wildman–Crippen MR) is 34.7 cm³/mol. The average Bonchev–Trinajstić information content (AvgIpc) is 1.68. The molecule has 0 atom stereocenters. The molecule has 0 aromatic heterocycles. The summed E-state index contributed by atoms with van der Waals surface area (Å²) in [6.45, 7) is 4.07. The summed E-state index contributed by atoms with van der Waals surface area (Å²) < 4.78 is 0. The highest BCUT2D eigenvalue weighted by Crippen LogP contribution is 2.00. The maximum absolute atomic E-state index is 9.81. The molecular formula is C7H12O. The van der Waals surface area contributed by atoms with Gasteiger partial charge in [0.15, 0.2) is 0 Å². The van der Waals surface area contributed by atoms with Gasteiger partial charge in [0.05, 0.1) is 0 Å². The van der Waals surface area contributed by atoms with Crippen molar-refractivity contribution >= 4 is 6.29 Å². The number of rotatable bonds is 3. The summed E-state index contributed by atoms with van der Waals surface area (Å²) in [6, 6.07) is 0. The Morgan fingerprint density at radius 1 is 1.62 bits per heavy atom. The molecule has 1 heteroatoms. The molecule has 0 amide bonds. The van der Waals surface area contributed by atoms with Crippen LogP contribution >= 0.6 is 0 Å². The first-order valence-corrected chi connectivity index (χ1v) is 2.92. The van der Waals surface area contributed by atoms with E-state index in [0.29, 0.717) is 0 Å². The van der Waals surface area contributed by atoms with Crippen molar-refractivity contribution in [3.8, 4) is 0 Å². The van der Waals surface area contributed by atoms with Crippen molar-refractivity contribution in [3.05, 3.63) is 11.6 Å². The Morgan fingerprint density at radius 3 is 2.62 bits per heavy atom. The lowest BCUT2D eigenvalue weighted by Gasteiger charge is -1.90. The fourth-order valence-corrected chi connectivity index (χ4v) is 0.594. The van der Waals surface area contributed by atoms with Gasteiger partial charge in [-0.05, 0) is 19.4 Å². The number of hydrogen-bond donors (Lipinski definition) is 0. The molecule has 0 aromatic rings. The van der Waals surface area contributed by atoms with Gasteiger partial charge in [0.25, 0.3) is 0 Å². The van der Waals surface area contributed by atoms with Gasteiger partial charge in [-0.2, -0.15) is 0 Å². The second kappa shape index (κ2) is 4.57. The van der Waals surface area contributed by atoms with Gasteiger partial charge in [-0.15, -0.1) is 0 Å². The third-order valence-corrected chi connectivity index (χ3v) is 0.997. The minimum atomic E-state index is 0.838. The number of hydrogen-bond acceptors (Lipinski definition) is 1. The highest BCUT2D eigenvalue weighted by atomic mass is 16.1. The van der Waals surface area contributed by atoms with Gasteiger partial charge in [-0.3, -0.25) is 4.79 Å². The van der Waals surface area contributed by atoms with Crippen molar-refractivity contribution in [2.24, 2.45) is 0 Å². The lowest BCUT2D eigenvalue weighted by atomic mass is 10.2. The minimum Gasteiger partial charge on any atom is -0.299 e. The first-order valence-electron chi connectivity index (χ1n) is 2.92. The molecule has 0 heterocycles. The highest BCUT2D eigenvalue weighted by molar-refractivity contribution is 5.65. The Balaban J connectivity index is 3.44. The molecule has 0 fully saturated rings. The number of carbonyl (C=O) groups excluding carboxylic acids is 1. The van der Waals surface area contributed by atoms with Crippen LogP contribution < -0.4 is 0 Å². The molecule has 0 radical (unpaired) electrons. The standard InChI is InChI=1S/C7H12O/c1-3-4-7(2)5-6-8/h5-6H,3-4H2,1-2H3. The van der Waals surface area contributed by atoms with Crippen molar-refractivity contribution < 1.29 is 4.79 Å². The molecular weight excluding hydrogens is 100 g/mol. The molecule has 0 rings (SSSR count). The van der Waals surface area contributed by atoms with Crippen LogP contribution in [0.3, 0.4) is 0 Å². The number of allylic oxidation sites excluding steroid dienone is 2. The van der Waals surface area contributed by atoms with Crippen molar-refractivity contribution in [1.82, 2.24) is 0 Å². The molecule has 0 N–H and O–H groups in total. The van der Waals surface area contributed by atoms with Crippen LogP contribution in [-0.2, 0) is 4.79 Å². The lowest BCUT2D eigenvalue weighted by molar-refractivity contribution is -0.104. The van der Waals surface area contributed by atoms with Crippen LogP contribution in [0.2, 0.25) is 0 Å². The van der Waals surface area contributed by atoms with Gasteiger partial charge >= 0.3 is 0 Å². The van der Waals surface area contributed by atoms with Gasteiger partial charge in [-0.1, -0.05) is 18.9 Å². The largest absolute Gasteiger partial charge is 0.299 e. The summed E-state index contributed by atoms with van der Waals surface area (Å²) in [4.78, 5) is 9.81. The zero-order chi connectivity index (χ0) is 6.41. The molecule has 46 valence electrons. The quantitative estimate of drug-likeness (QED) is 0.402. The fraction of sp³-hybridized carbons (Fsp3) is 0.571. The first-order chi connectivity index (χ1) is 3.81. The van der Waals surface area contributed by atoms with Crippen LogP contribution in [0.1, 0.15) is 26.7 Å². The van der Waals surface area contributed by atoms with E-state index in [9.17, 15) is 4.79 Å². The van der Waals surface area contributed by atoms with E-state index in [2.05, 4.69) is 6.92 Å². The summed E-state index contributed by atoms with van der Waals surface area (Å²) in [5.41, 5.74) is 1.17. The van der Waals surface area contributed by atoms with Crippen LogP contribution in [0.5, 0.6) is 0 Å². The van der Waals surface area contributed by atoms with Crippen molar-refractivity contribution in [3.63, 3.8) is 0 Å². The van der Waals surface area contributed by atoms with E-state index in [4.69, 9.17) is 0 Å². The number of carbonyl (C=O) groups is 1. The van der Waals surface area contributed by atoms with Gasteiger partial charge < -0.3 is 0 Å². The van der Waals surface area contributed by atoms with E-state index in [-0.39, 0.29) is 0 Å². The van der Waals surface area contributed by atoms with Crippen LogP contribution in [0.4, 0.5) is 0 Å². The Morgan fingerprint density at radius 2 is 2.25 bits per heavy atom. The molecule has 0 aliphatic rings. The molecule has 0 aromatic carbocycles. The Kier molecular flexibility index (Phi) is 4.23. The first kappa shape index (κ1) is 7.41. The smallest absolute Gasteiger partial charge is 0.142 e. The number of aldehydes is 1. The predicted octanol–water partition coefficient (Wildman–Crippen LogP) is 1.93. The molecule has 0 saturated carbocycles. The third kappa shape index (κ3) is 3.59. The van der Waals surface area contributed by atoms with Crippen LogP contribution in [0, 0.1) is 0 Å². The van der Waals surface area contributed by atoms with E-state index in [0.717, 1.165) is 19.1 Å². The average molecular weight is 112 g/mol.